The molecular formula is C35H24N6O10S. The Bertz CT molecular complexity index is 2590. The molecule has 0 aromatic heterocycles. The highest BCUT2D eigenvalue weighted by molar-refractivity contribution is 7.86. The van der Waals surface area contributed by atoms with E-state index in [2.05, 4.69) is 31.1 Å². The van der Waals surface area contributed by atoms with Crippen LogP contribution in [0.15, 0.2) is 128 Å². The minimum Gasteiger partial charge on any atom is -0.505 e. The zero-order chi connectivity index (χ0) is 37.2. The zero-order valence-corrected chi connectivity index (χ0v) is 27.1. The molecule has 260 valence electrons. The first-order chi connectivity index (χ1) is 24.8. The van der Waals surface area contributed by atoms with Gasteiger partial charge in [0, 0.05) is 22.1 Å². The predicted octanol–water partition coefficient (Wildman–Crippen LogP) is 8.52. The van der Waals surface area contributed by atoms with Crippen LogP contribution >= 0.6 is 0 Å². The van der Waals surface area contributed by atoms with Crippen molar-refractivity contribution >= 4 is 83.8 Å². The number of phenols is 2. The van der Waals surface area contributed by atoms with Crippen molar-refractivity contribution in [3.63, 3.8) is 0 Å². The molecule has 0 saturated heterocycles. The molecule has 7 N–H and O–H groups in total. The third-order valence-corrected chi connectivity index (χ3v) is 8.45. The van der Waals surface area contributed by atoms with E-state index in [0.717, 1.165) is 6.07 Å². The summed E-state index contributed by atoms with van der Waals surface area (Å²) in [6.45, 7) is 0. The molecule has 16 nitrogen and oxygen atoms in total. The number of hydrogen-bond acceptors (Lipinski definition) is 11. The number of carbonyl (C=O) groups excluding carboxylic acids is 1. The highest BCUT2D eigenvalue weighted by Gasteiger charge is 2.22. The molecule has 6 aromatic rings. The quantitative estimate of drug-likeness (QED) is 0.0553. The van der Waals surface area contributed by atoms with Gasteiger partial charge < -0.3 is 31.1 Å². The first-order valence-corrected chi connectivity index (χ1v) is 16.3. The predicted molar refractivity (Wildman–Crippen MR) is 189 cm³/mol. The lowest BCUT2D eigenvalue weighted by Gasteiger charge is -2.12. The van der Waals surface area contributed by atoms with Gasteiger partial charge in [0.1, 0.15) is 16.3 Å². The van der Waals surface area contributed by atoms with Crippen LogP contribution in [0, 0.1) is 0 Å². The van der Waals surface area contributed by atoms with Crippen LogP contribution in [0.25, 0.3) is 21.5 Å². The standard InChI is InChI=1S/C35H24N6O10S/c42-31-26-12-10-24(15-20(26)5-14-28(31)40-38-22-6-1-18(2-7-22)33(44)45)36-35(48)37-25-11-13-27-21(16-25)17-29(52(49,50)51)30(32(27)43)41-39-23-8-3-19(4-9-23)34(46)47/h1-17,42-43H,(H,44,45)(H,46,47)(H2,36,37,48)(H,49,50,51). The Kier molecular flexibility index (Phi) is 9.28. The number of hydrogen-bond donors (Lipinski definition) is 7. The number of anilines is 2. The Labute approximate surface area is 292 Å². The van der Waals surface area contributed by atoms with Crippen LogP contribution in [0.3, 0.4) is 0 Å². The van der Waals surface area contributed by atoms with Gasteiger partial charge in [-0.3, -0.25) is 4.55 Å². The molecule has 0 radical (unpaired) electrons. The molecule has 2 amide bonds. The average Bonchev–Trinajstić information content (AvgIpc) is 3.10. The Morgan fingerprint density at radius 2 is 1.06 bits per heavy atom. The van der Waals surface area contributed by atoms with E-state index < -0.39 is 44.4 Å². The largest absolute Gasteiger partial charge is 0.505 e. The van der Waals surface area contributed by atoms with Crippen molar-refractivity contribution in [2.75, 3.05) is 10.6 Å². The van der Waals surface area contributed by atoms with Gasteiger partial charge in [0.2, 0.25) is 0 Å². The molecule has 0 heterocycles. The topological polar surface area (TPSA) is 260 Å². The molecular weight excluding hydrogens is 696 g/mol. The number of fused-ring (bicyclic) bond motifs is 2. The normalized spacial score (nSPS) is 11.7. The minimum atomic E-state index is -4.93. The number of azo groups is 2. The van der Waals surface area contributed by atoms with Gasteiger partial charge in [0.05, 0.1) is 22.5 Å². The van der Waals surface area contributed by atoms with Crippen LogP contribution in [-0.2, 0) is 10.1 Å². The van der Waals surface area contributed by atoms with Crippen molar-refractivity contribution in [3.8, 4) is 11.5 Å². The van der Waals surface area contributed by atoms with E-state index in [4.69, 9.17) is 10.2 Å². The number of benzene rings is 6. The lowest BCUT2D eigenvalue weighted by atomic mass is 10.1. The van der Waals surface area contributed by atoms with E-state index in [9.17, 15) is 37.6 Å². The van der Waals surface area contributed by atoms with Crippen molar-refractivity contribution in [3.05, 3.63) is 114 Å². The molecule has 0 aliphatic rings. The highest BCUT2D eigenvalue weighted by atomic mass is 32.2. The number of rotatable bonds is 9. The van der Waals surface area contributed by atoms with Crippen molar-refractivity contribution in [1.29, 1.82) is 0 Å². The van der Waals surface area contributed by atoms with Crippen LogP contribution in [-0.4, -0.2) is 51.4 Å². The molecule has 0 spiro atoms. The number of urea groups is 1. The molecule has 0 bridgehead atoms. The number of nitrogens with zero attached hydrogens (tertiary/aromatic N) is 4. The lowest BCUT2D eigenvalue weighted by Crippen LogP contribution is -2.19. The molecule has 0 fully saturated rings. The third-order valence-electron chi connectivity index (χ3n) is 7.58. The van der Waals surface area contributed by atoms with Crippen LogP contribution in [0.5, 0.6) is 11.5 Å². The van der Waals surface area contributed by atoms with Gasteiger partial charge in [0.15, 0.2) is 11.5 Å². The number of aromatic hydroxyl groups is 2. The fourth-order valence-electron chi connectivity index (χ4n) is 5.04. The summed E-state index contributed by atoms with van der Waals surface area (Å²) < 4.78 is 34.4. The Morgan fingerprint density at radius 3 is 1.58 bits per heavy atom. The number of carboxylic acid groups (broad SMARTS) is 2. The number of aromatic carboxylic acids is 2. The van der Waals surface area contributed by atoms with Crippen molar-refractivity contribution < 1.29 is 47.8 Å². The molecule has 6 aromatic carbocycles. The second kappa shape index (κ2) is 13.9. The summed E-state index contributed by atoms with van der Waals surface area (Å²) in [5.74, 6) is -3.02. The van der Waals surface area contributed by atoms with Gasteiger partial charge in [-0.05, 0) is 108 Å². The summed E-state index contributed by atoms with van der Waals surface area (Å²) in [4.78, 5) is 34.3. The summed E-state index contributed by atoms with van der Waals surface area (Å²) in [5.41, 5.74) is 0.778. The minimum absolute atomic E-state index is 0.0118. The fraction of sp³-hybridized carbons (Fsp3) is 0. The van der Waals surface area contributed by atoms with Gasteiger partial charge in [-0.2, -0.15) is 18.6 Å². The van der Waals surface area contributed by atoms with E-state index in [1.807, 2.05) is 0 Å². The first kappa shape index (κ1) is 34.6. The maximum atomic E-state index is 12.9. The van der Waals surface area contributed by atoms with E-state index in [1.54, 1.807) is 24.3 Å². The summed E-state index contributed by atoms with van der Waals surface area (Å²) in [7, 11) is -4.93. The SMILES string of the molecule is O=C(Nc1ccc2c(O)c(N=Nc3ccc(C(=O)O)cc3)ccc2c1)Nc1ccc2c(O)c(N=Nc3ccc(C(=O)O)cc3)c(S(=O)(=O)O)cc2c1. The molecule has 6 rings (SSSR count). The number of carbonyl (C=O) groups is 3. The fourth-order valence-corrected chi connectivity index (χ4v) is 5.69. The van der Waals surface area contributed by atoms with E-state index in [-0.39, 0.29) is 44.7 Å². The van der Waals surface area contributed by atoms with E-state index in [1.165, 1.54) is 72.8 Å². The van der Waals surface area contributed by atoms with Crippen LogP contribution in [0.4, 0.5) is 38.9 Å². The Balaban J connectivity index is 1.19. The smallest absolute Gasteiger partial charge is 0.335 e. The molecule has 0 unspecified atom stereocenters. The van der Waals surface area contributed by atoms with Gasteiger partial charge in [-0.1, -0.05) is 6.07 Å². The molecule has 0 aliphatic carbocycles. The lowest BCUT2D eigenvalue weighted by molar-refractivity contribution is 0.0686. The average molecular weight is 721 g/mol. The maximum Gasteiger partial charge on any atom is 0.335 e. The summed E-state index contributed by atoms with van der Waals surface area (Å²) >= 11 is 0. The van der Waals surface area contributed by atoms with E-state index in [0.29, 0.717) is 22.1 Å². The van der Waals surface area contributed by atoms with Gasteiger partial charge in [-0.15, -0.1) is 10.2 Å². The van der Waals surface area contributed by atoms with Gasteiger partial charge in [-0.25, -0.2) is 14.4 Å². The Hall–Kier alpha value is -7.24. The van der Waals surface area contributed by atoms with E-state index >= 15 is 0 Å². The summed E-state index contributed by atoms with van der Waals surface area (Å²) in [5, 5.41) is 62.1. The zero-order valence-electron chi connectivity index (χ0n) is 26.3. The third kappa shape index (κ3) is 7.49. The molecule has 0 atom stereocenters. The second-order valence-corrected chi connectivity index (χ2v) is 12.4. The second-order valence-electron chi connectivity index (χ2n) is 11.0. The molecule has 17 heteroatoms. The maximum absolute atomic E-state index is 12.9. The van der Waals surface area contributed by atoms with Crippen LogP contribution in [0.1, 0.15) is 20.7 Å². The number of nitrogens with one attached hydrogen (secondary N) is 2. The molecule has 52 heavy (non-hydrogen) atoms. The number of phenolic OH excluding ortho intramolecular Hbond substituents is 2. The van der Waals surface area contributed by atoms with Crippen molar-refractivity contribution in [2.45, 2.75) is 4.90 Å². The highest BCUT2D eigenvalue weighted by Crippen LogP contribution is 2.42. The summed E-state index contributed by atoms with van der Waals surface area (Å²) in [6.07, 6.45) is 0. The monoisotopic (exact) mass is 720 g/mol. The number of carboxylic acids is 2. The van der Waals surface area contributed by atoms with Crippen LogP contribution in [0.2, 0.25) is 0 Å². The summed E-state index contributed by atoms with van der Waals surface area (Å²) in [6, 6.07) is 23.3. The van der Waals surface area contributed by atoms with Gasteiger partial charge >= 0.3 is 18.0 Å². The van der Waals surface area contributed by atoms with Crippen LogP contribution < -0.4 is 10.6 Å². The number of amides is 2. The van der Waals surface area contributed by atoms with Gasteiger partial charge in [0.25, 0.3) is 10.1 Å². The van der Waals surface area contributed by atoms with Crippen molar-refractivity contribution in [1.82, 2.24) is 0 Å². The molecule has 0 aliphatic heterocycles. The first-order valence-electron chi connectivity index (χ1n) is 14.9. The Morgan fingerprint density at radius 1 is 0.558 bits per heavy atom. The molecule has 0 saturated carbocycles. The van der Waals surface area contributed by atoms with Crippen molar-refractivity contribution in [2.24, 2.45) is 20.5 Å².